The molecular formula is C12H23NO3. The van der Waals surface area contributed by atoms with Crippen molar-refractivity contribution in [3.63, 3.8) is 0 Å². The molecule has 1 rings (SSSR count). The van der Waals surface area contributed by atoms with Crippen LogP contribution in [0.2, 0.25) is 0 Å². The number of amides is 1. The molecule has 0 saturated heterocycles. The molecule has 1 aliphatic carbocycles. The van der Waals surface area contributed by atoms with Crippen LogP contribution in [0.3, 0.4) is 0 Å². The summed E-state index contributed by atoms with van der Waals surface area (Å²) in [7, 11) is 0. The van der Waals surface area contributed by atoms with E-state index in [1.54, 1.807) is 0 Å². The van der Waals surface area contributed by atoms with E-state index in [9.17, 15) is 9.90 Å². The summed E-state index contributed by atoms with van der Waals surface area (Å²) in [6, 6.07) is 0. The lowest BCUT2D eigenvalue weighted by Crippen LogP contribution is -2.37. The maximum atomic E-state index is 11.3. The maximum Gasteiger partial charge on any atom is 0.246 e. The van der Waals surface area contributed by atoms with E-state index >= 15 is 0 Å². The molecule has 0 aliphatic heterocycles. The highest BCUT2D eigenvalue weighted by Crippen LogP contribution is 2.28. The van der Waals surface area contributed by atoms with Crippen LogP contribution in [0, 0.1) is 11.8 Å². The third kappa shape index (κ3) is 4.49. The average Bonchev–Trinajstić information content (AvgIpc) is 2.34. The van der Waals surface area contributed by atoms with Crippen LogP contribution < -0.4 is 5.32 Å². The van der Waals surface area contributed by atoms with Gasteiger partial charge in [-0.2, -0.15) is 0 Å². The van der Waals surface area contributed by atoms with E-state index in [2.05, 4.69) is 5.32 Å². The van der Waals surface area contributed by atoms with Crippen molar-refractivity contribution in [2.75, 3.05) is 26.4 Å². The Hall–Kier alpha value is -0.610. The molecule has 1 saturated carbocycles. The van der Waals surface area contributed by atoms with Gasteiger partial charge in [0, 0.05) is 19.8 Å². The van der Waals surface area contributed by atoms with Gasteiger partial charge in [0.05, 0.1) is 0 Å². The van der Waals surface area contributed by atoms with Crippen molar-refractivity contribution in [1.82, 2.24) is 5.32 Å². The van der Waals surface area contributed by atoms with Crippen LogP contribution in [0.25, 0.3) is 0 Å². The lowest BCUT2D eigenvalue weighted by atomic mass is 9.79. The van der Waals surface area contributed by atoms with Gasteiger partial charge < -0.3 is 15.2 Å². The van der Waals surface area contributed by atoms with Gasteiger partial charge in [0.1, 0.15) is 6.61 Å². The minimum Gasteiger partial charge on any atom is -0.396 e. The number of carbonyl (C=O) groups excluding carboxylic acids is 1. The molecule has 4 heteroatoms. The number of hydrogen-bond acceptors (Lipinski definition) is 3. The van der Waals surface area contributed by atoms with Crippen molar-refractivity contribution >= 4 is 5.91 Å². The topological polar surface area (TPSA) is 58.6 Å². The van der Waals surface area contributed by atoms with Crippen LogP contribution >= 0.6 is 0 Å². The Bertz CT molecular complexity index is 208. The van der Waals surface area contributed by atoms with Crippen LogP contribution in [0.15, 0.2) is 0 Å². The average molecular weight is 229 g/mol. The Morgan fingerprint density at radius 3 is 2.69 bits per heavy atom. The summed E-state index contributed by atoms with van der Waals surface area (Å²) in [5, 5.41) is 12.1. The molecule has 0 aromatic carbocycles. The minimum absolute atomic E-state index is 0.0517. The summed E-state index contributed by atoms with van der Waals surface area (Å²) in [4.78, 5) is 11.3. The normalized spacial score (nSPS) is 25.4. The summed E-state index contributed by atoms with van der Waals surface area (Å²) in [5.74, 6) is 0.745. The molecule has 0 radical (unpaired) electrons. The number of ether oxygens (including phenoxy) is 1. The van der Waals surface area contributed by atoms with Crippen LogP contribution in [0.4, 0.5) is 0 Å². The molecule has 2 atom stereocenters. The van der Waals surface area contributed by atoms with Crippen molar-refractivity contribution in [3.8, 4) is 0 Å². The lowest BCUT2D eigenvalue weighted by molar-refractivity contribution is -0.125. The van der Waals surface area contributed by atoms with E-state index in [0.717, 1.165) is 12.8 Å². The second kappa shape index (κ2) is 7.63. The molecule has 1 fully saturated rings. The van der Waals surface area contributed by atoms with Gasteiger partial charge in [-0.15, -0.1) is 0 Å². The van der Waals surface area contributed by atoms with Crippen LogP contribution in [0.1, 0.15) is 32.6 Å². The number of aliphatic hydroxyl groups excluding tert-OH is 1. The second-order valence-electron chi connectivity index (χ2n) is 4.43. The van der Waals surface area contributed by atoms with Crippen molar-refractivity contribution in [2.45, 2.75) is 32.6 Å². The van der Waals surface area contributed by atoms with E-state index in [1.807, 2.05) is 6.92 Å². The summed E-state index contributed by atoms with van der Waals surface area (Å²) in [6.07, 6.45) is 4.61. The molecule has 0 aromatic heterocycles. The van der Waals surface area contributed by atoms with Crippen molar-refractivity contribution in [3.05, 3.63) is 0 Å². The first-order chi connectivity index (χ1) is 7.77. The van der Waals surface area contributed by atoms with Crippen LogP contribution in [0.5, 0.6) is 0 Å². The molecule has 94 valence electrons. The third-order valence-corrected chi connectivity index (χ3v) is 3.30. The zero-order valence-corrected chi connectivity index (χ0v) is 10.1. The molecule has 0 aromatic rings. The number of nitrogens with one attached hydrogen (secondary N) is 1. The fourth-order valence-corrected chi connectivity index (χ4v) is 2.28. The Morgan fingerprint density at radius 2 is 2.06 bits per heavy atom. The number of rotatable bonds is 6. The predicted molar refractivity (Wildman–Crippen MR) is 62.0 cm³/mol. The molecule has 0 heterocycles. The molecule has 1 aliphatic rings. The highest BCUT2D eigenvalue weighted by molar-refractivity contribution is 5.77. The Labute approximate surface area is 97.4 Å². The largest absolute Gasteiger partial charge is 0.396 e. The summed E-state index contributed by atoms with van der Waals surface area (Å²) < 4.78 is 5.03. The first-order valence-electron chi connectivity index (χ1n) is 6.23. The van der Waals surface area contributed by atoms with Crippen molar-refractivity contribution < 1.29 is 14.6 Å². The molecule has 2 N–H and O–H groups in total. The minimum atomic E-state index is -0.0517. The molecule has 0 spiro atoms. The molecule has 2 unspecified atom stereocenters. The fraction of sp³-hybridized carbons (Fsp3) is 0.917. The van der Waals surface area contributed by atoms with Crippen LogP contribution in [-0.2, 0) is 9.53 Å². The van der Waals surface area contributed by atoms with Gasteiger partial charge in [-0.1, -0.05) is 12.8 Å². The van der Waals surface area contributed by atoms with E-state index in [4.69, 9.17) is 4.74 Å². The van der Waals surface area contributed by atoms with Crippen molar-refractivity contribution in [2.24, 2.45) is 11.8 Å². The molecular weight excluding hydrogens is 206 g/mol. The zero-order chi connectivity index (χ0) is 11.8. The monoisotopic (exact) mass is 229 g/mol. The van der Waals surface area contributed by atoms with Gasteiger partial charge in [0.2, 0.25) is 5.91 Å². The maximum absolute atomic E-state index is 11.3. The Balaban J connectivity index is 2.21. The third-order valence-electron chi connectivity index (χ3n) is 3.30. The highest BCUT2D eigenvalue weighted by atomic mass is 16.5. The Kier molecular flexibility index (Phi) is 6.42. The second-order valence-corrected chi connectivity index (χ2v) is 4.43. The zero-order valence-electron chi connectivity index (χ0n) is 10.1. The number of carbonyl (C=O) groups is 1. The van der Waals surface area contributed by atoms with E-state index < -0.39 is 0 Å². The SMILES string of the molecule is CCOCC(=O)NCC1CCCCC1CO. The van der Waals surface area contributed by atoms with E-state index in [1.165, 1.54) is 12.8 Å². The molecule has 1 amide bonds. The lowest BCUT2D eigenvalue weighted by Gasteiger charge is -2.30. The van der Waals surface area contributed by atoms with Gasteiger partial charge in [-0.25, -0.2) is 0 Å². The first kappa shape index (κ1) is 13.5. The summed E-state index contributed by atoms with van der Waals surface area (Å²) in [6.45, 7) is 3.50. The molecule has 16 heavy (non-hydrogen) atoms. The molecule has 4 nitrogen and oxygen atoms in total. The fourth-order valence-electron chi connectivity index (χ4n) is 2.28. The van der Waals surface area contributed by atoms with Gasteiger partial charge >= 0.3 is 0 Å². The van der Waals surface area contributed by atoms with Gasteiger partial charge in [-0.05, 0) is 31.6 Å². The van der Waals surface area contributed by atoms with Crippen molar-refractivity contribution in [1.29, 1.82) is 0 Å². The van der Waals surface area contributed by atoms with E-state index in [0.29, 0.717) is 25.0 Å². The van der Waals surface area contributed by atoms with Gasteiger partial charge in [-0.3, -0.25) is 4.79 Å². The number of hydrogen-bond donors (Lipinski definition) is 2. The van der Waals surface area contributed by atoms with Gasteiger partial charge in [0.15, 0.2) is 0 Å². The number of aliphatic hydroxyl groups is 1. The van der Waals surface area contributed by atoms with Crippen LogP contribution in [-0.4, -0.2) is 37.4 Å². The smallest absolute Gasteiger partial charge is 0.246 e. The van der Waals surface area contributed by atoms with Gasteiger partial charge in [0.25, 0.3) is 0 Å². The Morgan fingerprint density at radius 1 is 1.38 bits per heavy atom. The summed E-state index contributed by atoms with van der Waals surface area (Å²) >= 11 is 0. The highest BCUT2D eigenvalue weighted by Gasteiger charge is 2.24. The molecule has 0 bridgehead atoms. The quantitative estimate of drug-likeness (QED) is 0.712. The predicted octanol–water partition coefficient (Wildman–Crippen LogP) is 0.938. The first-order valence-corrected chi connectivity index (χ1v) is 6.23. The van der Waals surface area contributed by atoms with E-state index in [-0.39, 0.29) is 19.1 Å². The standard InChI is InChI=1S/C12H23NO3/c1-2-16-9-12(15)13-7-10-5-3-4-6-11(10)8-14/h10-11,14H,2-9H2,1H3,(H,13,15). The summed E-state index contributed by atoms with van der Waals surface area (Å²) in [5.41, 5.74) is 0.